The zero-order valence-electron chi connectivity index (χ0n) is 15.9. The molecule has 6 heteroatoms. The van der Waals surface area contributed by atoms with Gasteiger partial charge in [-0.05, 0) is 48.7 Å². The lowest BCUT2D eigenvalue weighted by atomic mass is 10.1. The molecule has 1 aliphatic rings. The molecule has 2 aromatic carbocycles. The van der Waals surface area contributed by atoms with E-state index in [1.165, 1.54) is 0 Å². The van der Waals surface area contributed by atoms with E-state index in [1.807, 2.05) is 53.5 Å². The lowest BCUT2D eigenvalue weighted by Crippen LogP contribution is -2.36. The topological polar surface area (TPSA) is 86.5 Å². The average Bonchev–Trinajstić information content (AvgIpc) is 3.13. The van der Waals surface area contributed by atoms with Crippen molar-refractivity contribution in [3.63, 3.8) is 0 Å². The molecule has 6 nitrogen and oxygen atoms in total. The van der Waals surface area contributed by atoms with Gasteiger partial charge in [-0.25, -0.2) is 4.68 Å². The molecule has 2 heterocycles. The van der Waals surface area contributed by atoms with Gasteiger partial charge in [0.05, 0.1) is 29.1 Å². The first kappa shape index (κ1) is 17.3. The van der Waals surface area contributed by atoms with Crippen LogP contribution in [-0.2, 0) is 5.54 Å². The quantitative estimate of drug-likeness (QED) is 0.562. The Balaban J connectivity index is 1.42. The van der Waals surface area contributed by atoms with Crippen LogP contribution >= 0.6 is 0 Å². The van der Waals surface area contributed by atoms with E-state index < -0.39 is 5.54 Å². The van der Waals surface area contributed by atoms with Crippen LogP contribution in [0.25, 0.3) is 16.6 Å². The number of rotatable bonds is 4. The third kappa shape index (κ3) is 2.88. The van der Waals surface area contributed by atoms with Crippen molar-refractivity contribution in [2.75, 3.05) is 0 Å². The van der Waals surface area contributed by atoms with Gasteiger partial charge in [0.15, 0.2) is 0 Å². The monoisotopic (exact) mass is 381 g/mol. The molecule has 1 aliphatic carbocycles. The first-order chi connectivity index (χ1) is 14.1. The summed E-state index contributed by atoms with van der Waals surface area (Å²) in [4.78, 5) is 16.1. The number of hydrogen-bond donors (Lipinski definition) is 2. The Kier molecular flexibility index (Phi) is 3.78. The van der Waals surface area contributed by atoms with Crippen molar-refractivity contribution in [3.05, 3.63) is 83.8 Å². The maximum Gasteiger partial charge on any atom is 0.268 e. The van der Waals surface area contributed by atoms with Crippen LogP contribution in [0.15, 0.2) is 67.0 Å². The van der Waals surface area contributed by atoms with E-state index in [2.05, 4.69) is 28.4 Å². The van der Waals surface area contributed by atoms with Gasteiger partial charge >= 0.3 is 0 Å². The number of hydrogen-bond acceptors (Lipinski definition) is 3. The van der Waals surface area contributed by atoms with Crippen LogP contribution in [0, 0.1) is 17.2 Å². The number of aromatic nitrogens is 3. The van der Waals surface area contributed by atoms with Gasteiger partial charge in [0.25, 0.3) is 5.91 Å². The lowest BCUT2D eigenvalue weighted by Gasteiger charge is -2.17. The number of carbonyl (C=O) groups is 1. The lowest BCUT2D eigenvalue weighted by molar-refractivity contribution is 0.0923. The number of H-pyrrole nitrogens is 1. The summed E-state index contributed by atoms with van der Waals surface area (Å²) in [5.74, 6) is 0.172. The minimum absolute atomic E-state index is 0.156. The Labute approximate surface area is 167 Å². The van der Waals surface area contributed by atoms with Gasteiger partial charge in [0.2, 0.25) is 0 Å². The second-order valence-corrected chi connectivity index (χ2v) is 7.64. The van der Waals surface area contributed by atoms with Gasteiger partial charge in [-0.3, -0.25) is 4.79 Å². The number of amides is 1. The molecule has 4 aromatic rings. The van der Waals surface area contributed by atoms with Crippen molar-refractivity contribution >= 4 is 16.8 Å². The molecule has 1 fully saturated rings. The summed E-state index contributed by atoms with van der Waals surface area (Å²) < 4.78 is 1.83. The molecule has 2 aromatic heterocycles. The number of nitrogens with one attached hydrogen (secondary N) is 2. The first-order valence-corrected chi connectivity index (χ1v) is 9.55. The minimum atomic E-state index is -0.404. The van der Waals surface area contributed by atoms with Gasteiger partial charge in [0.1, 0.15) is 5.69 Å². The fourth-order valence-corrected chi connectivity index (χ4v) is 3.94. The van der Waals surface area contributed by atoms with Crippen molar-refractivity contribution in [3.8, 4) is 11.8 Å². The number of nitrogens with zero attached hydrogens (tertiary/aromatic N) is 3. The van der Waals surface area contributed by atoms with Crippen molar-refractivity contribution in [2.45, 2.75) is 18.9 Å². The van der Waals surface area contributed by atoms with E-state index in [9.17, 15) is 4.79 Å². The molecule has 0 unspecified atom stereocenters. The average molecular weight is 381 g/mol. The van der Waals surface area contributed by atoms with Crippen molar-refractivity contribution in [1.29, 1.82) is 5.26 Å². The molecule has 0 bridgehead atoms. The number of nitriles is 1. The molecule has 0 spiro atoms. The highest BCUT2D eigenvalue weighted by Crippen LogP contribution is 2.51. The van der Waals surface area contributed by atoms with E-state index in [4.69, 9.17) is 5.26 Å². The Hall–Kier alpha value is -3.85. The normalized spacial score (nSPS) is 20.3. The van der Waals surface area contributed by atoms with Crippen LogP contribution in [0.5, 0.6) is 0 Å². The molecular formula is C23H19N5O. The number of carbonyl (C=O) groups excluding carboxylic acids is 1. The second-order valence-electron chi connectivity index (χ2n) is 7.64. The van der Waals surface area contributed by atoms with Crippen LogP contribution in [0.1, 0.15) is 35.0 Å². The Bertz CT molecular complexity index is 1260. The van der Waals surface area contributed by atoms with Gasteiger partial charge in [-0.2, -0.15) is 10.4 Å². The summed E-state index contributed by atoms with van der Waals surface area (Å²) in [6.07, 6.45) is 4.70. The highest BCUT2D eigenvalue weighted by molar-refractivity contribution is 5.98. The predicted octanol–water partition coefficient (Wildman–Crippen LogP) is 3.89. The molecule has 1 saturated carbocycles. The molecule has 29 heavy (non-hydrogen) atoms. The molecule has 2 N–H and O–H groups in total. The van der Waals surface area contributed by atoms with Crippen LogP contribution < -0.4 is 5.32 Å². The van der Waals surface area contributed by atoms with Gasteiger partial charge in [-0.15, -0.1) is 0 Å². The Morgan fingerprint density at radius 3 is 2.79 bits per heavy atom. The van der Waals surface area contributed by atoms with Gasteiger partial charge in [0, 0.05) is 22.7 Å². The summed E-state index contributed by atoms with van der Waals surface area (Å²) in [5, 5.41) is 17.6. The Morgan fingerprint density at radius 2 is 2.07 bits per heavy atom. The van der Waals surface area contributed by atoms with Gasteiger partial charge in [-0.1, -0.05) is 25.1 Å². The fourth-order valence-electron chi connectivity index (χ4n) is 3.94. The maximum absolute atomic E-state index is 13.0. The highest BCUT2D eigenvalue weighted by atomic mass is 16.2. The van der Waals surface area contributed by atoms with Crippen LogP contribution in [0.2, 0.25) is 0 Å². The predicted molar refractivity (Wildman–Crippen MR) is 110 cm³/mol. The Morgan fingerprint density at radius 1 is 1.28 bits per heavy atom. The summed E-state index contributed by atoms with van der Waals surface area (Å²) in [6.45, 7) is 2.13. The fraction of sp³-hybridized carbons (Fsp3) is 0.174. The van der Waals surface area contributed by atoms with Crippen LogP contribution in [0.4, 0.5) is 0 Å². The zero-order valence-corrected chi connectivity index (χ0v) is 15.9. The van der Waals surface area contributed by atoms with Crippen LogP contribution in [0.3, 0.4) is 0 Å². The number of para-hydroxylation sites is 1. The molecule has 0 radical (unpaired) electrons. The number of fused-ring (bicyclic) bond motifs is 1. The van der Waals surface area contributed by atoms with E-state index in [0.29, 0.717) is 17.2 Å². The van der Waals surface area contributed by atoms with Crippen LogP contribution in [-0.4, -0.2) is 20.7 Å². The molecule has 5 rings (SSSR count). The number of benzene rings is 2. The van der Waals surface area contributed by atoms with Crippen molar-refractivity contribution in [1.82, 2.24) is 20.1 Å². The molecule has 142 valence electrons. The summed E-state index contributed by atoms with van der Waals surface area (Å²) >= 11 is 0. The zero-order chi connectivity index (χ0) is 20.0. The smallest absolute Gasteiger partial charge is 0.268 e. The van der Waals surface area contributed by atoms with Crippen molar-refractivity contribution in [2.24, 2.45) is 5.92 Å². The minimum Gasteiger partial charge on any atom is -0.351 e. The summed E-state index contributed by atoms with van der Waals surface area (Å²) in [5.41, 5.74) is 3.48. The van der Waals surface area contributed by atoms with Crippen molar-refractivity contribution < 1.29 is 4.79 Å². The summed E-state index contributed by atoms with van der Waals surface area (Å²) in [7, 11) is 0. The number of aromatic amines is 1. The van der Waals surface area contributed by atoms with E-state index in [-0.39, 0.29) is 5.91 Å². The summed E-state index contributed by atoms with van der Waals surface area (Å²) in [6, 6.07) is 19.2. The van der Waals surface area contributed by atoms with Gasteiger partial charge < -0.3 is 10.3 Å². The molecule has 0 aliphatic heterocycles. The molecule has 2 atom stereocenters. The van der Waals surface area contributed by atoms with E-state index in [0.717, 1.165) is 28.6 Å². The third-order valence-corrected chi connectivity index (χ3v) is 5.76. The van der Waals surface area contributed by atoms with E-state index in [1.54, 1.807) is 18.2 Å². The second kappa shape index (κ2) is 6.35. The molecular weight excluding hydrogens is 362 g/mol. The maximum atomic E-state index is 13.0. The SMILES string of the molecule is C[C@H]1C[C@@]1(NC(=O)c1cc2cc(C#N)ccc2[nH]1)c1cnn(-c2ccccc2)c1. The largest absolute Gasteiger partial charge is 0.351 e. The van der Waals surface area contributed by atoms with E-state index >= 15 is 0 Å². The highest BCUT2D eigenvalue weighted by Gasteiger charge is 2.54. The third-order valence-electron chi connectivity index (χ3n) is 5.76. The molecule has 0 saturated heterocycles. The standard InChI is InChI=1S/C23H19N5O/c1-15-11-23(15,18-13-25-28(14-18)19-5-3-2-4-6-19)27-22(29)21-10-17-9-16(12-24)7-8-20(17)26-21/h2-10,13-15,26H,11H2,1H3,(H,27,29)/t15-,23-/m0/s1. The first-order valence-electron chi connectivity index (χ1n) is 9.55. The molecule has 1 amide bonds.